The maximum atomic E-state index is 4.73. The summed E-state index contributed by atoms with van der Waals surface area (Å²) < 4.78 is 2.30. The summed E-state index contributed by atoms with van der Waals surface area (Å²) in [6.07, 6.45) is 4.85. The number of aromatic nitrogens is 4. The number of H-pyrrole nitrogens is 1. The molecule has 3 rings (SSSR count). The molecule has 1 aromatic carbocycles. The van der Waals surface area contributed by atoms with Gasteiger partial charge in [-0.1, -0.05) is 19.1 Å². The summed E-state index contributed by atoms with van der Waals surface area (Å²) in [5.41, 5.74) is 3.44. The van der Waals surface area contributed by atoms with Crippen LogP contribution in [0.25, 0.3) is 11.0 Å². The number of benzene rings is 1. The zero-order chi connectivity index (χ0) is 13.8. The molecule has 5 heteroatoms. The number of aromatic amines is 1. The molecule has 0 amide bonds. The van der Waals surface area contributed by atoms with E-state index in [4.69, 9.17) is 4.98 Å². The van der Waals surface area contributed by atoms with Crippen molar-refractivity contribution in [1.29, 1.82) is 0 Å². The monoisotopic (exact) mass is 269 g/mol. The van der Waals surface area contributed by atoms with Gasteiger partial charge in [-0.3, -0.25) is 5.10 Å². The molecule has 0 aliphatic rings. The molecule has 0 fully saturated rings. The predicted octanol–water partition coefficient (Wildman–Crippen LogP) is 2.46. The van der Waals surface area contributed by atoms with E-state index in [0.29, 0.717) is 0 Å². The van der Waals surface area contributed by atoms with Crippen molar-refractivity contribution in [1.82, 2.24) is 25.1 Å². The molecular formula is C15H19N5. The third-order valence-corrected chi connectivity index (χ3v) is 3.35. The minimum Gasteiger partial charge on any atom is -0.327 e. The molecule has 2 heterocycles. The van der Waals surface area contributed by atoms with Crippen molar-refractivity contribution in [2.75, 3.05) is 0 Å². The molecule has 0 bridgehead atoms. The van der Waals surface area contributed by atoms with Crippen LogP contribution in [0.4, 0.5) is 0 Å². The van der Waals surface area contributed by atoms with Gasteiger partial charge >= 0.3 is 0 Å². The van der Waals surface area contributed by atoms with Crippen molar-refractivity contribution in [3.8, 4) is 0 Å². The summed E-state index contributed by atoms with van der Waals surface area (Å²) in [5, 5.41) is 10.2. The van der Waals surface area contributed by atoms with Gasteiger partial charge < -0.3 is 9.88 Å². The first kappa shape index (κ1) is 12.9. The number of fused-ring (bicyclic) bond motifs is 1. The van der Waals surface area contributed by atoms with E-state index in [0.717, 1.165) is 43.0 Å². The van der Waals surface area contributed by atoms with Crippen LogP contribution in [-0.4, -0.2) is 19.7 Å². The molecule has 0 unspecified atom stereocenters. The fourth-order valence-electron chi connectivity index (χ4n) is 2.43. The smallest absolute Gasteiger partial charge is 0.123 e. The second-order valence-electron chi connectivity index (χ2n) is 4.88. The number of aryl methyl sites for hydroxylation is 1. The minimum absolute atomic E-state index is 0.764. The maximum absolute atomic E-state index is 4.73. The Morgan fingerprint density at radius 2 is 2.15 bits per heavy atom. The van der Waals surface area contributed by atoms with E-state index in [9.17, 15) is 0 Å². The second kappa shape index (κ2) is 5.88. The molecule has 2 N–H and O–H groups in total. The third-order valence-electron chi connectivity index (χ3n) is 3.35. The summed E-state index contributed by atoms with van der Waals surface area (Å²) in [5.74, 6) is 1.09. The van der Waals surface area contributed by atoms with Crippen LogP contribution >= 0.6 is 0 Å². The fraction of sp³-hybridized carbons (Fsp3) is 0.333. The van der Waals surface area contributed by atoms with Gasteiger partial charge in [-0.15, -0.1) is 0 Å². The Morgan fingerprint density at radius 1 is 1.25 bits per heavy atom. The molecule has 20 heavy (non-hydrogen) atoms. The Bertz CT molecular complexity index is 669. The lowest BCUT2D eigenvalue weighted by molar-refractivity contribution is 0.598. The number of nitrogens with one attached hydrogen (secondary N) is 2. The summed E-state index contributed by atoms with van der Waals surface area (Å²) in [7, 11) is 0. The number of hydrogen-bond acceptors (Lipinski definition) is 3. The molecule has 104 valence electrons. The molecule has 0 aliphatic heterocycles. The molecule has 0 atom stereocenters. The van der Waals surface area contributed by atoms with Crippen LogP contribution in [0.1, 0.15) is 24.7 Å². The van der Waals surface area contributed by atoms with E-state index in [1.807, 2.05) is 18.5 Å². The number of para-hydroxylation sites is 2. The lowest BCUT2D eigenvalue weighted by atomic mass is 10.3. The van der Waals surface area contributed by atoms with Crippen LogP contribution in [0.3, 0.4) is 0 Å². The molecule has 0 aliphatic carbocycles. The number of hydrogen-bond donors (Lipinski definition) is 2. The first-order valence-corrected chi connectivity index (χ1v) is 7.01. The van der Waals surface area contributed by atoms with Crippen molar-refractivity contribution in [2.45, 2.75) is 33.0 Å². The Labute approximate surface area is 118 Å². The summed E-state index contributed by atoms with van der Waals surface area (Å²) in [6, 6.07) is 8.31. The highest BCUT2D eigenvalue weighted by Gasteiger charge is 2.09. The zero-order valence-corrected chi connectivity index (χ0v) is 11.6. The van der Waals surface area contributed by atoms with Crippen molar-refractivity contribution >= 4 is 11.0 Å². The maximum Gasteiger partial charge on any atom is 0.123 e. The van der Waals surface area contributed by atoms with Gasteiger partial charge in [0.2, 0.25) is 0 Å². The molecule has 3 aromatic rings. The molecule has 0 radical (unpaired) electrons. The molecular weight excluding hydrogens is 250 g/mol. The molecule has 0 saturated carbocycles. The minimum atomic E-state index is 0.764. The first-order valence-electron chi connectivity index (χ1n) is 7.01. The largest absolute Gasteiger partial charge is 0.327 e. The first-order chi connectivity index (χ1) is 9.88. The highest BCUT2D eigenvalue weighted by molar-refractivity contribution is 5.75. The quantitative estimate of drug-likeness (QED) is 0.722. The van der Waals surface area contributed by atoms with Crippen molar-refractivity contribution in [3.63, 3.8) is 0 Å². The summed E-state index contributed by atoms with van der Waals surface area (Å²) in [4.78, 5) is 4.73. The van der Waals surface area contributed by atoms with Crippen LogP contribution in [0.5, 0.6) is 0 Å². The lowest BCUT2D eigenvalue weighted by Crippen LogP contribution is -2.16. The standard InChI is InChI=1S/C15H19N5/c1-2-7-20-14-6-4-3-5-13(14)19-15(20)11-16-8-12-9-17-18-10-12/h3-6,9-10,16H,2,7-8,11H2,1H3,(H,17,18). The average molecular weight is 269 g/mol. The Morgan fingerprint density at radius 3 is 2.95 bits per heavy atom. The van der Waals surface area contributed by atoms with Gasteiger partial charge in [-0.05, 0) is 18.6 Å². The molecule has 0 spiro atoms. The topological polar surface area (TPSA) is 58.5 Å². The van der Waals surface area contributed by atoms with Gasteiger partial charge in [0.15, 0.2) is 0 Å². The van der Waals surface area contributed by atoms with Crippen molar-refractivity contribution < 1.29 is 0 Å². The van der Waals surface area contributed by atoms with E-state index >= 15 is 0 Å². The SMILES string of the molecule is CCCn1c(CNCc2cn[nH]c2)nc2ccccc21. The summed E-state index contributed by atoms with van der Waals surface area (Å²) in [6.45, 7) is 4.76. The lowest BCUT2D eigenvalue weighted by Gasteiger charge is -2.08. The van der Waals surface area contributed by atoms with E-state index < -0.39 is 0 Å². The van der Waals surface area contributed by atoms with Crippen LogP contribution < -0.4 is 5.32 Å². The number of nitrogens with zero attached hydrogens (tertiary/aromatic N) is 3. The zero-order valence-electron chi connectivity index (χ0n) is 11.6. The predicted molar refractivity (Wildman–Crippen MR) is 79.2 cm³/mol. The molecule has 2 aromatic heterocycles. The Kier molecular flexibility index (Phi) is 3.78. The Hall–Kier alpha value is -2.14. The third kappa shape index (κ3) is 2.58. The highest BCUT2D eigenvalue weighted by Crippen LogP contribution is 2.16. The van der Waals surface area contributed by atoms with Crippen LogP contribution in [-0.2, 0) is 19.6 Å². The van der Waals surface area contributed by atoms with E-state index in [-0.39, 0.29) is 0 Å². The van der Waals surface area contributed by atoms with Crippen molar-refractivity contribution in [3.05, 3.63) is 48.0 Å². The van der Waals surface area contributed by atoms with E-state index in [2.05, 4.69) is 45.2 Å². The average Bonchev–Trinajstić information content (AvgIpc) is 3.08. The van der Waals surface area contributed by atoms with Crippen LogP contribution in [0.15, 0.2) is 36.7 Å². The van der Waals surface area contributed by atoms with E-state index in [1.54, 1.807) is 0 Å². The molecule has 0 saturated heterocycles. The number of imidazole rings is 1. The fourth-order valence-corrected chi connectivity index (χ4v) is 2.43. The van der Waals surface area contributed by atoms with Gasteiger partial charge in [0.25, 0.3) is 0 Å². The summed E-state index contributed by atoms with van der Waals surface area (Å²) >= 11 is 0. The Balaban J connectivity index is 1.77. The van der Waals surface area contributed by atoms with Gasteiger partial charge in [0, 0.05) is 24.8 Å². The highest BCUT2D eigenvalue weighted by atomic mass is 15.1. The van der Waals surface area contributed by atoms with Crippen molar-refractivity contribution in [2.24, 2.45) is 0 Å². The molecule has 5 nitrogen and oxygen atoms in total. The second-order valence-corrected chi connectivity index (χ2v) is 4.88. The van der Waals surface area contributed by atoms with Gasteiger partial charge in [0.1, 0.15) is 5.82 Å². The van der Waals surface area contributed by atoms with Gasteiger partial charge in [-0.2, -0.15) is 5.10 Å². The van der Waals surface area contributed by atoms with E-state index in [1.165, 1.54) is 5.52 Å². The normalized spacial score (nSPS) is 11.2. The van der Waals surface area contributed by atoms with Gasteiger partial charge in [-0.25, -0.2) is 4.98 Å². The number of rotatable bonds is 6. The van der Waals surface area contributed by atoms with Crippen LogP contribution in [0.2, 0.25) is 0 Å². The van der Waals surface area contributed by atoms with Crippen LogP contribution in [0, 0.1) is 0 Å². The van der Waals surface area contributed by atoms with Gasteiger partial charge in [0.05, 0.1) is 23.8 Å².